The van der Waals surface area contributed by atoms with Crippen molar-refractivity contribution in [3.8, 4) is 0 Å². The van der Waals surface area contributed by atoms with E-state index in [4.69, 9.17) is 0 Å². The summed E-state index contributed by atoms with van der Waals surface area (Å²) < 4.78 is 0. The maximum absolute atomic E-state index is 12.3. The van der Waals surface area contributed by atoms with Crippen LogP contribution in [0.3, 0.4) is 0 Å². The van der Waals surface area contributed by atoms with Gasteiger partial charge in [0.2, 0.25) is 11.8 Å². The van der Waals surface area contributed by atoms with Crippen LogP contribution in [-0.2, 0) is 15.0 Å². The van der Waals surface area contributed by atoms with Gasteiger partial charge in [0, 0.05) is 29.2 Å². The molecule has 2 heterocycles. The number of thiazole rings is 1. The zero-order chi connectivity index (χ0) is 18.2. The lowest BCUT2D eigenvalue weighted by molar-refractivity contribution is -0.121. The molecule has 1 aliphatic rings. The predicted octanol–water partition coefficient (Wildman–Crippen LogP) is 3.35. The van der Waals surface area contributed by atoms with Gasteiger partial charge in [-0.2, -0.15) is 0 Å². The summed E-state index contributed by atoms with van der Waals surface area (Å²) in [5, 5.41) is 5.26. The van der Waals surface area contributed by atoms with Gasteiger partial charge in [-0.1, -0.05) is 20.8 Å². The van der Waals surface area contributed by atoms with Crippen LogP contribution in [0.5, 0.6) is 0 Å². The molecule has 3 amide bonds. The molecule has 0 spiro atoms. The quantitative estimate of drug-likeness (QED) is 0.855. The molecule has 25 heavy (non-hydrogen) atoms. The molecule has 7 heteroatoms. The lowest BCUT2D eigenvalue weighted by atomic mass is 9.93. The van der Waals surface area contributed by atoms with Crippen LogP contribution in [-0.4, -0.2) is 22.7 Å². The van der Waals surface area contributed by atoms with Crippen molar-refractivity contribution in [2.75, 3.05) is 10.2 Å². The summed E-state index contributed by atoms with van der Waals surface area (Å²) in [6.07, 6.45) is 0.475. The van der Waals surface area contributed by atoms with Gasteiger partial charge in [0.25, 0.3) is 5.91 Å². The Bertz CT molecular complexity index is 818. The van der Waals surface area contributed by atoms with Crippen molar-refractivity contribution >= 4 is 39.9 Å². The van der Waals surface area contributed by atoms with Crippen molar-refractivity contribution in [1.29, 1.82) is 0 Å². The third-order valence-electron chi connectivity index (χ3n) is 3.93. The van der Waals surface area contributed by atoms with Crippen LogP contribution >= 0.6 is 11.3 Å². The van der Waals surface area contributed by atoms with E-state index in [0.29, 0.717) is 16.4 Å². The van der Waals surface area contributed by atoms with Crippen LogP contribution in [0.4, 0.5) is 10.8 Å². The number of aromatic nitrogens is 1. The minimum atomic E-state index is -0.277. The lowest BCUT2D eigenvalue weighted by Crippen LogP contribution is -2.28. The molecule has 3 rings (SSSR count). The standard InChI is InChI=1S/C18H19N3O3S/c1-18(2,3)13-10-25-17(19-13)20-16(24)11-4-6-12(7-5-11)21-14(22)8-9-15(21)23/h4-7,10H,8-9H2,1-3H3,(H,19,20,24). The topological polar surface area (TPSA) is 79.4 Å². The average molecular weight is 357 g/mol. The molecule has 130 valence electrons. The van der Waals surface area contributed by atoms with Gasteiger partial charge in [0.15, 0.2) is 5.13 Å². The van der Waals surface area contributed by atoms with Crippen molar-refractivity contribution in [2.45, 2.75) is 39.0 Å². The summed E-state index contributed by atoms with van der Waals surface area (Å²) >= 11 is 1.38. The number of amides is 3. The zero-order valence-electron chi connectivity index (χ0n) is 14.3. The Morgan fingerprint density at radius 1 is 1.12 bits per heavy atom. The lowest BCUT2D eigenvalue weighted by Gasteiger charge is -2.14. The highest BCUT2D eigenvalue weighted by Gasteiger charge is 2.30. The van der Waals surface area contributed by atoms with E-state index in [1.54, 1.807) is 24.3 Å². The first-order chi connectivity index (χ1) is 11.8. The molecule has 1 N–H and O–H groups in total. The van der Waals surface area contributed by atoms with Crippen LogP contribution in [0.1, 0.15) is 49.7 Å². The fraction of sp³-hybridized carbons (Fsp3) is 0.333. The number of carbonyl (C=O) groups excluding carboxylic acids is 3. The first-order valence-electron chi connectivity index (χ1n) is 7.99. The van der Waals surface area contributed by atoms with Gasteiger partial charge in [0.1, 0.15) is 0 Å². The Balaban J connectivity index is 1.72. The zero-order valence-corrected chi connectivity index (χ0v) is 15.1. The highest BCUT2D eigenvalue weighted by molar-refractivity contribution is 7.14. The molecule has 6 nitrogen and oxygen atoms in total. The van der Waals surface area contributed by atoms with Gasteiger partial charge in [-0.05, 0) is 24.3 Å². The van der Waals surface area contributed by atoms with Crippen molar-refractivity contribution in [1.82, 2.24) is 4.98 Å². The van der Waals surface area contributed by atoms with Crippen molar-refractivity contribution in [3.63, 3.8) is 0 Å². The summed E-state index contributed by atoms with van der Waals surface area (Å²) in [5.41, 5.74) is 1.79. The van der Waals surface area contributed by atoms with Crippen molar-refractivity contribution < 1.29 is 14.4 Å². The normalized spacial score (nSPS) is 14.9. The maximum Gasteiger partial charge on any atom is 0.257 e. The van der Waals surface area contributed by atoms with Crippen molar-refractivity contribution in [2.24, 2.45) is 0 Å². The molecule has 1 fully saturated rings. The maximum atomic E-state index is 12.3. The summed E-state index contributed by atoms with van der Waals surface area (Å²) in [7, 11) is 0. The summed E-state index contributed by atoms with van der Waals surface area (Å²) in [6, 6.07) is 6.42. The third-order valence-corrected chi connectivity index (χ3v) is 4.69. The Morgan fingerprint density at radius 3 is 2.24 bits per heavy atom. The summed E-state index contributed by atoms with van der Waals surface area (Å²) in [5.74, 6) is -0.695. The van der Waals surface area contributed by atoms with Crippen LogP contribution in [0.2, 0.25) is 0 Å². The number of nitrogens with zero attached hydrogens (tertiary/aromatic N) is 2. The summed E-state index contributed by atoms with van der Waals surface area (Å²) in [6.45, 7) is 6.19. The van der Waals surface area contributed by atoms with Gasteiger partial charge >= 0.3 is 0 Å². The van der Waals surface area contributed by atoms with Gasteiger partial charge in [-0.25, -0.2) is 4.98 Å². The van der Waals surface area contributed by atoms with E-state index in [-0.39, 0.29) is 36.0 Å². The molecule has 1 aromatic carbocycles. The Hall–Kier alpha value is -2.54. The Morgan fingerprint density at radius 2 is 1.72 bits per heavy atom. The van der Waals surface area contributed by atoms with E-state index < -0.39 is 0 Å². The number of benzene rings is 1. The molecule has 0 unspecified atom stereocenters. The predicted molar refractivity (Wildman–Crippen MR) is 96.9 cm³/mol. The van der Waals surface area contributed by atoms with E-state index in [1.165, 1.54) is 11.3 Å². The number of imide groups is 1. The van der Waals surface area contributed by atoms with Crippen LogP contribution in [0.15, 0.2) is 29.6 Å². The highest BCUT2D eigenvalue weighted by Crippen LogP contribution is 2.27. The van der Waals surface area contributed by atoms with E-state index in [0.717, 1.165) is 10.6 Å². The summed E-state index contributed by atoms with van der Waals surface area (Å²) in [4.78, 5) is 41.4. The second-order valence-electron chi connectivity index (χ2n) is 6.91. The first kappa shape index (κ1) is 17.3. The number of rotatable bonds is 3. The van der Waals surface area contributed by atoms with Crippen LogP contribution < -0.4 is 10.2 Å². The fourth-order valence-electron chi connectivity index (χ4n) is 2.47. The van der Waals surface area contributed by atoms with Crippen LogP contribution in [0.25, 0.3) is 0 Å². The minimum absolute atomic E-state index is 0.0735. The second kappa shape index (κ2) is 6.40. The van der Waals surface area contributed by atoms with Gasteiger partial charge in [0.05, 0.1) is 11.4 Å². The van der Waals surface area contributed by atoms with Gasteiger partial charge in [-0.3, -0.25) is 24.6 Å². The smallest absolute Gasteiger partial charge is 0.257 e. The monoisotopic (exact) mass is 357 g/mol. The molecule has 1 aliphatic heterocycles. The van der Waals surface area contributed by atoms with E-state index in [1.807, 2.05) is 5.38 Å². The van der Waals surface area contributed by atoms with Crippen molar-refractivity contribution in [3.05, 3.63) is 40.9 Å². The van der Waals surface area contributed by atoms with Gasteiger partial charge in [-0.15, -0.1) is 11.3 Å². The number of nitrogens with one attached hydrogen (secondary N) is 1. The molecule has 0 atom stereocenters. The second-order valence-corrected chi connectivity index (χ2v) is 7.77. The molecule has 1 aromatic heterocycles. The number of hydrogen-bond donors (Lipinski definition) is 1. The molecule has 0 aliphatic carbocycles. The molecule has 2 aromatic rings. The Kier molecular flexibility index (Phi) is 4.43. The SMILES string of the molecule is CC(C)(C)c1csc(NC(=O)c2ccc(N3C(=O)CCC3=O)cc2)n1. The minimum Gasteiger partial charge on any atom is -0.298 e. The number of hydrogen-bond acceptors (Lipinski definition) is 5. The average Bonchev–Trinajstić information content (AvgIpc) is 3.14. The van der Waals surface area contributed by atoms with Gasteiger partial charge < -0.3 is 0 Å². The van der Waals surface area contributed by atoms with E-state index >= 15 is 0 Å². The third kappa shape index (κ3) is 3.61. The molecule has 0 radical (unpaired) electrons. The highest BCUT2D eigenvalue weighted by atomic mass is 32.1. The Labute approximate surface area is 149 Å². The van der Waals surface area contributed by atoms with Crippen LogP contribution in [0, 0.1) is 0 Å². The van der Waals surface area contributed by atoms with E-state index in [9.17, 15) is 14.4 Å². The largest absolute Gasteiger partial charge is 0.298 e. The van der Waals surface area contributed by atoms with E-state index in [2.05, 4.69) is 31.1 Å². The molecule has 0 saturated carbocycles. The first-order valence-corrected chi connectivity index (χ1v) is 8.87. The number of carbonyl (C=O) groups is 3. The fourth-order valence-corrected chi connectivity index (χ4v) is 3.40. The molecular weight excluding hydrogens is 338 g/mol. The number of anilines is 2. The molecule has 1 saturated heterocycles. The molecule has 0 bridgehead atoms. The molecular formula is C18H19N3O3S.